The van der Waals surface area contributed by atoms with Gasteiger partial charge in [0.15, 0.2) is 0 Å². The molecule has 1 heterocycles. The van der Waals surface area contributed by atoms with Crippen LogP contribution in [0, 0.1) is 12.8 Å². The summed E-state index contributed by atoms with van der Waals surface area (Å²) in [5.41, 5.74) is 0. The first-order valence-electron chi connectivity index (χ1n) is 6.92. The maximum Gasteiger partial charge on any atom is 0.218 e. The Labute approximate surface area is 115 Å². The molecule has 0 aliphatic carbocycles. The van der Waals surface area contributed by atoms with E-state index < -0.39 is 0 Å². The van der Waals surface area contributed by atoms with Gasteiger partial charge in [-0.1, -0.05) is 20.8 Å². The van der Waals surface area contributed by atoms with Crippen molar-refractivity contribution < 1.29 is 9.47 Å². The topological polar surface area (TPSA) is 56.3 Å². The van der Waals surface area contributed by atoms with Gasteiger partial charge in [0.2, 0.25) is 5.88 Å². The smallest absolute Gasteiger partial charge is 0.218 e. The predicted octanol–water partition coefficient (Wildman–Crippen LogP) is 2.66. The summed E-state index contributed by atoms with van der Waals surface area (Å²) in [7, 11) is 0. The van der Waals surface area contributed by atoms with Crippen LogP contribution in [0.2, 0.25) is 0 Å². The third-order valence-electron chi connectivity index (χ3n) is 2.30. The van der Waals surface area contributed by atoms with Crippen LogP contribution in [0.4, 0.5) is 5.82 Å². The molecular formula is C14H25N3O2. The molecule has 0 aliphatic heterocycles. The van der Waals surface area contributed by atoms with Gasteiger partial charge in [0.05, 0.1) is 6.61 Å². The van der Waals surface area contributed by atoms with Crippen molar-refractivity contribution >= 4 is 5.82 Å². The molecule has 0 radical (unpaired) electrons. The van der Waals surface area contributed by atoms with Crippen LogP contribution in [0.1, 0.15) is 33.0 Å². The number of aromatic nitrogens is 2. The average molecular weight is 267 g/mol. The van der Waals surface area contributed by atoms with Crippen LogP contribution < -0.4 is 10.1 Å². The van der Waals surface area contributed by atoms with E-state index in [9.17, 15) is 0 Å². The van der Waals surface area contributed by atoms with E-state index in [-0.39, 0.29) is 0 Å². The van der Waals surface area contributed by atoms with Gasteiger partial charge < -0.3 is 14.8 Å². The molecular weight excluding hydrogens is 242 g/mol. The van der Waals surface area contributed by atoms with Gasteiger partial charge in [-0.2, -0.15) is 4.98 Å². The fourth-order valence-corrected chi connectivity index (χ4v) is 1.48. The van der Waals surface area contributed by atoms with Crippen LogP contribution in [-0.4, -0.2) is 36.3 Å². The van der Waals surface area contributed by atoms with Crippen LogP contribution in [0.15, 0.2) is 6.07 Å². The highest BCUT2D eigenvalue weighted by Crippen LogP contribution is 2.13. The second-order valence-corrected chi connectivity index (χ2v) is 4.88. The summed E-state index contributed by atoms with van der Waals surface area (Å²) in [5, 5.41) is 3.23. The third-order valence-corrected chi connectivity index (χ3v) is 2.30. The zero-order valence-electron chi connectivity index (χ0n) is 12.4. The van der Waals surface area contributed by atoms with Crippen LogP contribution in [-0.2, 0) is 4.74 Å². The van der Waals surface area contributed by atoms with E-state index in [1.807, 2.05) is 13.0 Å². The minimum atomic E-state index is 0.510. The quantitative estimate of drug-likeness (QED) is 0.697. The highest BCUT2D eigenvalue weighted by molar-refractivity contribution is 5.38. The van der Waals surface area contributed by atoms with Crippen LogP contribution in [0.5, 0.6) is 5.88 Å². The van der Waals surface area contributed by atoms with E-state index in [4.69, 9.17) is 9.47 Å². The van der Waals surface area contributed by atoms with Gasteiger partial charge in [0.1, 0.15) is 18.2 Å². The molecule has 0 atom stereocenters. The lowest BCUT2D eigenvalue weighted by molar-refractivity contribution is 0.0805. The summed E-state index contributed by atoms with van der Waals surface area (Å²) >= 11 is 0. The molecule has 0 fully saturated rings. The number of hydrogen-bond donors (Lipinski definition) is 1. The Morgan fingerprint density at radius 3 is 2.74 bits per heavy atom. The number of anilines is 1. The fraction of sp³-hybridized carbons (Fsp3) is 0.714. The van der Waals surface area contributed by atoms with Crippen LogP contribution >= 0.6 is 0 Å². The van der Waals surface area contributed by atoms with E-state index in [0.717, 1.165) is 25.4 Å². The zero-order chi connectivity index (χ0) is 14.1. The monoisotopic (exact) mass is 267 g/mol. The normalized spacial score (nSPS) is 10.8. The number of rotatable bonds is 9. The molecule has 5 heteroatoms. The van der Waals surface area contributed by atoms with Crippen LogP contribution in [0.3, 0.4) is 0 Å². The number of hydrogen-bond acceptors (Lipinski definition) is 5. The maximum atomic E-state index is 5.57. The van der Waals surface area contributed by atoms with Gasteiger partial charge in [-0.05, 0) is 19.3 Å². The molecule has 1 rings (SSSR count). The Morgan fingerprint density at radius 2 is 2.05 bits per heavy atom. The maximum absolute atomic E-state index is 5.57. The molecule has 0 unspecified atom stereocenters. The largest absolute Gasteiger partial charge is 0.475 e. The van der Waals surface area contributed by atoms with Crippen molar-refractivity contribution in [3.63, 3.8) is 0 Å². The summed E-state index contributed by atoms with van der Waals surface area (Å²) < 4.78 is 11.0. The van der Waals surface area contributed by atoms with Gasteiger partial charge in [-0.15, -0.1) is 0 Å². The fourth-order valence-electron chi connectivity index (χ4n) is 1.48. The Hall–Kier alpha value is -1.36. The highest BCUT2D eigenvalue weighted by Gasteiger charge is 2.02. The molecule has 0 saturated heterocycles. The lowest BCUT2D eigenvalue weighted by atomic mass is 10.2. The van der Waals surface area contributed by atoms with Crippen molar-refractivity contribution in [3.8, 4) is 5.88 Å². The van der Waals surface area contributed by atoms with Gasteiger partial charge in [-0.25, -0.2) is 4.98 Å². The third kappa shape index (κ3) is 6.96. The Bertz CT molecular complexity index is 370. The van der Waals surface area contributed by atoms with Crippen LogP contribution in [0.25, 0.3) is 0 Å². The molecule has 1 aromatic heterocycles. The second kappa shape index (κ2) is 8.69. The van der Waals surface area contributed by atoms with E-state index in [0.29, 0.717) is 30.8 Å². The van der Waals surface area contributed by atoms with Crippen molar-refractivity contribution in [2.75, 3.05) is 31.7 Å². The molecule has 0 bridgehead atoms. The molecule has 108 valence electrons. The highest BCUT2D eigenvalue weighted by atomic mass is 16.5. The van der Waals surface area contributed by atoms with E-state index in [2.05, 4.69) is 36.1 Å². The predicted molar refractivity (Wildman–Crippen MR) is 76.7 cm³/mol. The number of nitrogens with zero attached hydrogens (tertiary/aromatic N) is 2. The Kier molecular flexibility index (Phi) is 7.18. The lowest BCUT2D eigenvalue weighted by Crippen LogP contribution is -2.11. The van der Waals surface area contributed by atoms with E-state index >= 15 is 0 Å². The number of nitrogens with one attached hydrogen (secondary N) is 1. The summed E-state index contributed by atoms with van der Waals surface area (Å²) in [4.78, 5) is 8.55. The van der Waals surface area contributed by atoms with Crippen molar-refractivity contribution in [1.82, 2.24) is 9.97 Å². The number of aryl methyl sites for hydroxylation is 1. The van der Waals surface area contributed by atoms with Crippen molar-refractivity contribution in [1.29, 1.82) is 0 Å². The average Bonchev–Trinajstić information content (AvgIpc) is 2.35. The van der Waals surface area contributed by atoms with Gasteiger partial charge in [0.25, 0.3) is 0 Å². The summed E-state index contributed by atoms with van der Waals surface area (Å²) in [6, 6.07) is 1.82. The van der Waals surface area contributed by atoms with Crippen molar-refractivity contribution in [3.05, 3.63) is 11.9 Å². The van der Waals surface area contributed by atoms with Crippen molar-refractivity contribution in [2.24, 2.45) is 5.92 Å². The summed E-state index contributed by atoms with van der Waals surface area (Å²) in [6.07, 6.45) is 1.06. The minimum Gasteiger partial charge on any atom is -0.475 e. The molecule has 5 nitrogen and oxygen atoms in total. The molecule has 0 aromatic carbocycles. The summed E-state index contributed by atoms with van der Waals surface area (Å²) in [5.74, 6) is 2.66. The second-order valence-electron chi connectivity index (χ2n) is 4.88. The molecule has 0 saturated carbocycles. The molecule has 1 aromatic rings. The van der Waals surface area contributed by atoms with Gasteiger partial charge >= 0.3 is 0 Å². The molecule has 0 aliphatic rings. The Balaban J connectivity index is 2.38. The molecule has 1 N–H and O–H groups in total. The van der Waals surface area contributed by atoms with E-state index in [1.54, 1.807) is 0 Å². The molecule has 19 heavy (non-hydrogen) atoms. The standard InChI is InChI=1S/C14H25N3O2/c1-5-6-15-13-9-14(17-12(4)16-13)19-8-7-18-10-11(2)3/h9,11H,5-8,10H2,1-4H3,(H,15,16,17). The first kappa shape index (κ1) is 15.7. The first-order valence-corrected chi connectivity index (χ1v) is 6.92. The van der Waals surface area contributed by atoms with E-state index in [1.165, 1.54) is 0 Å². The molecule has 0 spiro atoms. The Morgan fingerprint density at radius 1 is 1.26 bits per heavy atom. The zero-order valence-corrected chi connectivity index (χ0v) is 12.4. The molecule has 0 amide bonds. The SMILES string of the molecule is CCCNc1cc(OCCOCC(C)C)nc(C)n1. The van der Waals surface area contributed by atoms with Crippen molar-refractivity contribution in [2.45, 2.75) is 34.1 Å². The lowest BCUT2D eigenvalue weighted by Gasteiger charge is -2.10. The van der Waals surface area contributed by atoms with Gasteiger partial charge in [-0.3, -0.25) is 0 Å². The summed E-state index contributed by atoms with van der Waals surface area (Å²) in [6.45, 7) is 11.0. The minimum absolute atomic E-state index is 0.510. The van der Waals surface area contributed by atoms with Gasteiger partial charge in [0, 0.05) is 19.2 Å². The first-order chi connectivity index (χ1) is 9.11. The number of ether oxygens (including phenoxy) is 2.